The lowest BCUT2D eigenvalue weighted by Crippen LogP contribution is -2.28. The fraction of sp³-hybridized carbons (Fsp3) is 0.421. The van der Waals surface area contributed by atoms with Gasteiger partial charge in [0.2, 0.25) is 0 Å². The van der Waals surface area contributed by atoms with Gasteiger partial charge in [0.05, 0.1) is 18.5 Å². The van der Waals surface area contributed by atoms with Crippen molar-refractivity contribution in [3.05, 3.63) is 94.2 Å². The Morgan fingerprint density at radius 1 is 0.977 bits per heavy atom. The molecule has 2 heterocycles. The molecule has 0 saturated heterocycles. The minimum Gasteiger partial charge on any atom is -0.488 e. The van der Waals surface area contributed by atoms with Crippen LogP contribution < -0.4 is 4.74 Å². The van der Waals surface area contributed by atoms with Gasteiger partial charge >= 0.3 is 11.9 Å². The third-order valence-corrected chi connectivity index (χ3v) is 9.60. The Morgan fingerprint density at radius 3 is 2.48 bits per heavy atom. The number of esters is 2. The van der Waals surface area contributed by atoms with Gasteiger partial charge in [-0.3, -0.25) is 9.59 Å². The van der Waals surface area contributed by atoms with Crippen molar-refractivity contribution in [2.45, 2.75) is 83.3 Å². The topological polar surface area (TPSA) is 66.8 Å². The lowest BCUT2D eigenvalue weighted by molar-refractivity contribution is -0.155. The lowest BCUT2D eigenvalue weighted by atomic mass is 9.77. The molecule has 0 amide bonds. The minimum absolute atomic E-state index is 0.236. The van der Waals surface area contributed by atoms with E-state index in [1.165, 1.54) is 31.9 Å². The number of fused-ring (bicyclic) bond motifs is 6. The van der Waals surface area contributed by atoms with Crippen molar-refractivity contribution in [1.82, 2.24) is 4.57 Å². The number of carbonyl (C=O) groups excluding carboxylic acids is 2. The second-order valence-corrected chi connectivity index (χ2v) is 13.6. The Hall–Kier alpha value is -4.06. The van der Waals surface area contributed by atoms with E-state index in [0.29, 0.717) is 18.9 Å². The predicted octanol–water partition coefficient (Wildman–Crippen LogP) is 8.22. The first-order valence-electron chi connectivity index (χ1n) is 16.0. The highest BCUT2D eigenvalue weighted by molar-refractivity contribution is 5.98. The van der Waals surface area contributed by atoms with Crippen LogP contribution in [0.15, 0.2) is 77.4 Å². The van der Waals surface area contributed by atoms with Crippen LogP contribution in [0, 0.1) is 11.8 Å². The summed E-state index contributed by atoms with van der Waals surface area (Å²) in [5.41, 5.74) is 6.97. The molecule has 1 aliphatic heterocycles. The molecule has 4 aliphatic rings. The summed E-state index contributed by atoms with van der Waals surface area (Å²) in [6.45, 7) is 6.16. The number of hydrogen-bond donors (Lipinski definition) is 0. The first-order chi connectivity index (χ1) is 21.2. The molecular formula is C38H41NO5. The second-order valence-electron chi connectivity index (χ2n) is 13.6. The minimum atomic E-state index is -0.592. The summed E-state index contributed by atoms with van der Waals surface area (Å²) >= 11 is 0. The summed E-state index contributed by atoms with van der Waals surface area (Å²) in [6, 6.07) is 16.8. The molecule has 0 spiro atoms. The van der Waals surface area contributed by atoms with Gasteiger partial charge in [-0.1, -0.05) is 67.8 Å². The summed E-state index contributed by atoms with van der Waals surface area (Å²) in [4.78, 5) is 26.8. The van der Waals surface area contributed by atoms with Gasteiger partial charge in [-0.15, -0.1) is 0 Å². The number of nitrogens with zero attached hydrogens (tertiary/aromatic N) is 1. The van der Waals surface area contributed by atoms with Crippen molar-refractivity contribution < 1.29 is 23.8 Å². The van der Waals surface area contributed by atoms with E-state index in [-0.39, 0.29) is 17.9 Å². The highest BCUT2D eigenvalue weighted by Gasteiger charge is 2.52. The Morgan fingerprint density at radius 2 is 1.75 bits per heavy atom. The highest BCUT2D eigenvalue weighted by Crippen LogP contribution is 2.58. The Bertz CT molecular complexity index is 1710. The lowest BCUT2D eigenvalue weighted by Gasteiger charge is -2.29. The molecule has 3 aliphatic carbocycles. The number of hydrogen-bond acceptors (Lipinski definition) is 5. The summed E-state index contributed by atoms with van der Waals surface area (Å²) in [5, 5.41) is 1.05. The van der Waals surface area contributed by atoms with Crippen molar-refractivity contribution in [3.8, 4) is 5.75 Å². The van der Waals surface area contributed by atoms with Crippen LogP contribution in [-0.2, 0) is 25.7 Å². The third-order valence-electron chi connectivity index (χ3n) is 9.60. The van der Waals surface area contributed by atoms with Gasteiger partial charge in [0.25, 0.3) is 0 Å². The second kappa shape index (κ2) is 11.1. The predicted molar refractivity (Wildman–Crippen MR) is 171 cm³/mol. The average molecular weight is 592 g/mol. The number of rotatable bonds is 6. The van der Waals surface area contributed by atoms with Crippen molar-refractivity contribution >= 4 is 29.0 Å². The molecule has 6 heteroatoms. The van der Waals surface area contributed by atoms with Gasteiger partial charge in [0, 0.05) is 23.2 Å². The van der Waals surface area contributed by atoms with Crippen molar-refractivity contribution in [1.29, 1.82) is 0 Å². The van der Waals surface area contributed by atoms with Crippen LogP contribution in [-0.4, -0.2) is 29.2 Å². The smallest absolute Gasteiger partial charge is 0.318 e. The fourth-order valence-electron chi connectivity index (χ4n) is 7.61. The molecular weight excluding hydrogens is 550 g/mol. The Kier molecular flexibility index (Phi) is 7.26. The number of carbonyl (C=O) groups is 2. The molecule has 1 aromatic heterocycles. The zero-order valence-corrected chi connectivity index (χ0v) is 26.1. The standard InChI is InChI=1S/C38H41NO5/c1-38(2,3)44-37(41)34-29-21-39-30(32-26(33(29)34)16-11-17-27(32)36(40)42-4)20-28-31(43-22-23-12-7-5-8-13-23)19-18-25(35(28)39)24-14-9-6-10-15-24/h5,7-8,11-13,16,18-21,24,27,32,34H,6,9-10,14-15,17,22H2,1-4H3/t27-,32?,34?/m1/s1. The molecule has 3 atom stereocenters. The first-order valence-corrected chi connectivity index (χ1v) is 16.0. The van der Waals surface area contributed by atoms with Gasteiger partial charge < -0.3 is 18.8 Å². The van der Waals surface area contributed by atoms with Crippen LogP contribution in [0.1, 0.15) is 88.0 Å². The molecule has 2 saturated carbocycles. The van der Waals surface area contributed by atoms with E-state index in [1.807, 2.05) is 45.0 Å². The van der Waals surface area contributed by atoms with Crippen LogP contribution in [0.5, 0.6) is 5.75 Å². The molecule has 2 fully saturated rings. The SMILES string of the molecule is COC(=O)[C@@H]1CC=CC2=C3C(=Cn4c(cc5c(OCc6ccccc6)ccc(C6CCCCC6)c54)C21)C3C(=O)OC(C)(C)C. The Balaban J connectivity index is 1.43. The maximum absolute atomic E-state index is 13.5. The summed E-state index contributed by atoms with van der Waals surface area (Å²) in [5.74, 6) is -0.279. The maximum Gasteiger partial charge on any atom is 0.318 e. The van der Waals surface area contributed by atoms with Crippen LogP contribution in [0.3, 0.4) is 0 Å². The monoisotopic (exact) mass is 591 g/mol. The molecule has 228 valence electrons. The molecule has 0 N–H and O–H groups in total. The van der Waals surface area contributed by atoms with E-state index < -0.39 is 17.4 Å². The largest absolute Gasteiger partial charge is 0.488 e. The normalized spacial score (nSPS) is 22.8. The van der Waals surface area contributed by atoms with Crippen molar-refractivity contribution in [2.75, 3.05) is 7.11 Å². The number of aromatic nitrogens is 1. The molecule has 2 unspecified atom stereocenters. The van der Waals surface area contributed by atoms with Crippen molar-refractivity contribution in [2.24, 2.45) is 11.8 Å². The zero-order chi connectivity index (χ0) is 30.6. The fourth-order valence-corrected chi connectivity index (χ4v) is 7.61. The van der Waals surface area contributed by atoms with E-state index in [4.69, 9.17) is 14.2 Å². The third kappa shape index (κ3) is 5.08. The molecule has 6 nitrogen and oxygen atoms in total. The quantitative estimate of drug-likeness (QED) is 0.270. The number of allylic oxidation sites excluding steroid dienone is 3. The molecule has 0 bridgehead atoms. The van der Waals surface area contributed by atoms with Crippen LogP contribution in [0.4, 0.5) is 0 Å². The molecule has 44 heavy (non-hydrogen) atoms. The van der Waals surface area contributed by atoms with Gasteiger partial charge in [-0.05, 0) is 85.9 Å². The van der Waals surface area contributed by atoms with Crippen LogP contribution >= 0.6 is 0 Å². The van der Waals surface area contributed by atoms with E-state index in [9.17, 15) is 9.59 Å². The van der Waals surface area contributed by atoms with Crippen LogP contribution in [0.2, 0.25) is 0 Å². The van der Waals surface area contributed by atoms with E-state index in [0.717, 1.165) is 57.5 Å². The van der Waals surface area contributed by atoms with Crippen molar-refractivity contribution in [3.63, 3.8) is 0 Å². The number of benzene rings is 2. The number of methoxy groups -OCH3 is 1. The summed E-state index contributed by atoms with van der Waals surface area (Å²) in [7, 11) is 1.46. The summed E-state index contributed by atoms with van der Waals surface area (Å²) in [6.07, 6.45) is 12.9. The highest BCUT2D eigenvalue weighted by atomic mass is 16.6. The van der Waals surface area contributed by atoms with Gasteiger partial charge in [0.1, 0.15) is 23.9 Å². The molecule has 0 radical (unpaired) electrons. The maximum atomic E-state index is 13.5. The molecule has 3 aromatic rings. The molecule has 7 rings (SSSR count). The van der Waals surface area contributed by atoms with Gasteiger partial charge in [0.15, 0.2) is 0 Å². The Labute approximate surface area is 259 Å². The van der Waals surface area contributed by atoms with E-state index >= 15 is 0 Å². The van der Waals surface area contributed by atoms with E-state index in [1.54, 1.807) is 0 Å². The summed E-state index contributed by atoms with van der Waals surface area (Å²) < 4.78 is 20.0. The van der Waals surface area contributed by atoms with E-state index in [2.05, 4.69) is 47.2 Å². The zero-order valence-electron chi connectivity index (χ0n) is 26.1. The van der Waals surface area contributed by atoms with Crippen LogP contribution in [0.25, 0.3) is 17.1 Å². The average Bonchev–Trinajstić information content (AvgIpc) is 3.65. The molecule has 2 aromatic carbocycles. The number of ether oxygens (including phenoxy) is 3. The van der Waals surface area contributed by atoms with Gasteiger partial charge in [-0.25, -0.2) is 0 Å². The first kappa shape index (κ1) is 28.7. The van der Waals surface area contributed by atoms with Gasteiger partial charge in [-0.2, -0.15) is 0 Å².